The summed E-state index contributed by atoms with van der Waals surface area (Å²) in [7, 11) is 0. The molecule has 3 aromatic heterocycles. The first kappa shape index (κ1) is 18.9. The SMILES string of the molecule is O=c1c(-c2c(F)ccc(F)c2F)c([O-])[n+](Cc2ccc(Cl)nc2)c2ccccn12. The van der Waals surface area contributed by atoms with E-state index in [1.807, 2.05) is 0 Å². The normalized spacial score (nSPS) is 11.2. The second-order valence-electron chi connectivity index (χ2n) is 6.21. The second kappa shape index (κ2) is 7.21. The maximum Gasteiger partial charge on any atom is 0.349 e. The van der Waals surface area contributed by atoms with Gasteiger partial charge >= 0.3 is 5.56 Å². The van der Waals surface area contributed by atoms with Crippen LogP contribution < -0.4 is 15.2 Å². The van der Waals surface area contributed by atoms with Crippen LogP contribution in [0.3, 0.4) is 0 Å². The molecular formula is C20H11ClF3N3O2. The van der Waals surface area contributed by atoms with Gasteiger partial charge in [0.25, 0.3) is 5.65 Å². The lowest BCUT2D eigenvalue weighted by molar-refractivity contribution is -0.708. The molecular weight excluding hydrogens is 407 g/mol. The Balaban J connectivity index is 2.06. The van der Waals surface area contributed by atoms with Gasteiger partial charge in [0.05, 0.1) is 17.6 Å². The molecule has 3 heterocycles. The number of hydrogen-bond donors (Lipinski definition) is 0. The van der Waals surface area contributed by atoms with E-state index in [0.717, 1.165) is 8.97 Å². The highest BCUT2D eigenvalue weighted by atomic mass is 35.5. The summed E-state index contributed by atoms with van der Waals surface area (Å²) in [5.74, 6) is -5.14. The van der Waals surface area contributed by atoms with Gasteiger partial charge in [-0.15, -0.1) is 0 Å². The Bertz CT molecular complexity index is 1310. The number of rotatable bonds is 3. The van der Waals surface area contributed by atoms with Crippen molar-refractivity contribution < 1.29 is 22.8 Å². The summed E-state index contributed by atoms with van der Waals surface area (Å²) in [5, 5.41) is 13.4. The van der Waals surface area contributed by atoms with E-state index in [4.69, 9.17) is 11.6 Å². The first-order chi connectivity index (χ1) is 13.9. The van der Waals surface area contributed by atoms with E-state index in [1.165, 1.54) is 30.6 Å². The Kier molecular flexibility index (Phi) is 4.71. The van der Waals surface area contributed by atoms with Crippen molar-refractivity contribution in [2.45, 2.75) is 6.54 Å². The van der Waals surface area contributed by atoms with E-state index in [2.05, 4.69) is 4.98 Å². The second-order valence-corrected chi connectivity index (χ2v) is 6.59. The molecule has 4 aromatic rings. The highest BCUT2D eigenvalue weighted by molar-refractivity contribution is 6.29. The summed E-state index contributed by atoms with van der Waals surface area (Å²) < 4.78 is 44.7. The molecule has 0 aliphatic rings. The lowest BCUT2D eigenvalue weighted by Gasteiger charge is -2.17. The Morgan fingerprint density at radius 2 is 1.79 bits per heavy atom. The maximum atomic E-state index is 14.4. The molecule has 1 aromatic carbocycles. The number of pyridine rings is 2. The smallest absolute Gasteiger partial charge is 0.349 e. The van der Waals surface area contributed by atoms with Crippen molar-refractivity contribution >= 4 is 17.2 Å². The van der Waals surface area contributed by atoms with E-state index in [-0.39, 0.29) is 17.3 Å². The quantitative estimate of drug-likeness (QED) is 0.292. The standard InChI is InChI=1S/C20H11ClF3N3O2/c21-14-7-4-11(9-25-14)10-27-15-3-1-2-8-26(15)19(28)17(20(27)29)16-12(22)5-6-13(23)18(16)24/h1-9H,10H2. The number of fused-ring (bicyclic) bond motifs is 1. The van der Waals surface area contributed by atoms with E-state index >= 15 is 0 Å². The van der Waals surface area contributed by atoms with Gasteiger partial charge in [0, 0.05) is 17.8 Å². The summed E-state index contributed by atoms with van der Waals surface area (Å²) in [6.45, 7) is -0.0532. The molecule has 0 spiro atoms. The van der Waals surface area contributed by atoms with Crippen LogP contribution >= 0.6 is 11.6 Å². The lowest BCUT2D eigenvalue weighted by Crippen LogP contribution is -2.44. The molecule has 0 fully saturated rings. The first-order valence-electron chi connectivity index (χ1n) is 8.37. The highest BCUT2D eigenvalue weighted by Crippen LogP contribution is 2.29. The third-order valence-corrected chi connectivity index (χ3v) is 4.65. The molecule has 146 valence electrons. The molecule has 0 aliphatic carbocycles. The van der Waals surface area contributed by atoms with Gasteiger partial charge in [0.15, 0.2) is 11.6 Å². The van der Waals surface area contributed by atoms with E-state index in [0.29, 0.717) is 17.7 Å². The number of benzene rings is 1. The molecule has 0 N–H and O–H groups in total. The van der Waals surface area contributed by atoms with Gasteiger partial charge in [-0.3, -0.25) is 0 Å². The fourth-order valence-corrected chi connectivity index (χ4v) is 3.19. The van der Waals surface area contributed by atoms with Crippen LogP contribution in [0.1, 0.15) is 5.56 Å². The zero-order valence-electron chi connectivity index (χ0n) is 14.6. The predicted octanol–water partition coefficient (Wildman–Crippen LogP) is 2.84. The molecule has 5 nitrogen and oxygen atoms in total. The number of nitrogens with zero attached hydrogens (tertiary/aromatic N) is 3. The number of aromatic nitrogens is 3. The minimum atomic E-state index is -1.60. The van der Waals surface area contributed by atoms with Crippen LogP contribution in [0.25, 0.3) is 16.8 Å². The van der Waals surface area contributed by atoms with Gasteiger partial charge < -0.3 is 5.11 Å². The minimum Gasteiger partial charge on any atom is -0.842 e. The minimum absolute atomic E-state index is 0.0532. The summed E-state index contributed by atoms with van der Waals surface area (Å²) >= 11 is 5.77. The van der Waals surface area contributed by atoms with Crippen LogP contribution in [0.4, 0.5) is 13.2 Å². The fraction of sp³-hybridized carbons (Fsp3) is 0.0500. The fourth-order valence-electron chi connectivity index (χ4n) is 3.08. The van der Waals surface area contributed by atoms with Gasteiger partial charge in [-0.25, -0.2) is 27.5 Å². The third kappa shape index (κ3) is 3.21. The first-order valence-corrected chi connectivity index (χ1v) is 8.75. The van der Waals surface area contributed by atoms with Gasteiger partial charge in [-0.05, 0) is 24.3 Å². The van der Waals surface area contributed by atoms with Crippen LogP contribution in [0, 0.1) is 17.5 Å². The van der Waals surface area contributed by atoms with Crippen LogP contribution in [-0.4, -0.2) is 9.38 Å². The molecule has 0 bridgehead atoms. The molecule has 9 heteroatoms. The third-order valence-electron chi connectivity index (χ3n) is 4.43. The molecule has 0 atom stereocenters. The van der Waals surface area contributed by atoms with Gasteiger partial charge in [-0.2, -0.15) is 4.40 Å². The summed E-state index contributed by atoms with van der Waals surface area (Å²) in [4.78, 5) is 16.8. The highest BCUT2D eigenvalue weighted by Gasteiger charge is 2.26. The summed E-state index contributed by atoms with van der Waals surface area (Å²) in [6, 6.07) is 9.03. The molecule has 0 saturated heterocycles. The van der Waals surface area contributed by atoms with E-state index < -0.39 is 40.0 Å². The zero-order chi connectivity index (χ0) is 20.7. The lowest BCUT2D eigenvalue weighted by atomic mass is 10.1. The monoisotopic (exact) mass is 417 g/mol. The molecule has 4 rings (SSSR count). The average molecular weight is 418 g/mol. The number of halogens is 4. The largest absolute Gasteiger partial charge is 0.842 e. The van der Waals surface area contributed by atoms with Crippen molar-refractivity contribution in [2.24, 2.45) is 0 Å². The maximum absolute atomic E-state index is 14.4. The van der Waals surface area contributed by atoms with Crippen molar-refractivity contribution in [2.75, 3.05) is 0 Å². The molecule has 29 heavy (non-hydrogen) atoms. The van der Waals surface area contributed by atoms with Crippen LogP contribution in [0.5, 0.6) is 5.88 Å². The van der Waals surface area contributed by atoms with Crippen LogP contribution in [-0.2, 0) is 6.54 Å². The topological polar surface area (TPSA) is 61.3 Å². The summed E-state index contributed by atoms with van der Waals surface area (Å²) in [5.41, 5.74) is -2.00. The Hall–Kier alpha value is -3.39. The van der Waals surface area contributed by atoms with Crippen molar-refractivity contribution in [3.63, 3.8) is 0 Å². The van der Waals surface area contributed by atoms with Crippen LogP contribution in [0.15, 0.2) is 59.7 Å². The average Bonchev–Trinajstić information content (AvgIpc) is 2.72. The van der Waals surface area contributed by atoms with Gasteiger partial charge in [-0.1, -0.05) is 23.7 Å². The zero-order valence-corrected chi connectivity index (χ0v) is 15.3. The van der Waals surface area contributed by atoms with Gasteiger partial charge in [0.2, 0.25) is 0 Å². The molecule has 0 saturated carbocycles. The van der Waals surface area contributed by atoms with Crippen LogP contribution in [0.2, 0.25) is 5.15 Å². The number of hydrogen-bond acceptors (Lipinski definition) is 3. The van der Waals surface area contributed by atoms with E-state index in [9.17, 15) is 23.1 Å². The van der Waals surface area contributed by atoms with E-state index in [1.54, 1.807) is 12.1 Å². The van der Waals surface area contributed by atoms with Gasteiger partial charge in [0.1, 0.15) is 23.1 Å². The Morgan fingerprint density at radius 1 is 1.03 bits per heavy atom. The summed E-state index contributed by atoms with van der Waals surface area (Å²) in [6.07, 6.45) is 2.79. The molecule has 0 radical (unpaired) electrons. The van der Waals surface area contributed by atoms with Crippen molar-refractivity contribution in [3.8, 4) is 17.0 Å². The molecule has 0 amide bonds. The molecule has 0 unspecified atom stereocenters. The van der Waals surface area contributed by atoms with Crippen molar-refractivity contribution in [1.29, 1.82) is 0 Å². The molecule has 0 aliphatic heterocycles. The Morgan fingerprint density at radius 3 is 2.52 bits per heavy atom. The van der Waals surface area contributed by atoms with Crippen molar-refractivity contribution in [1.82, 2.24) is 9.38 Å². The predicted molar refractivity (Wildman–Crippen MR) is 97.0 cm³/mol. The van der Waals surface area contributed by atoms with Crippen molar-refractivity contribution in [3.05, 3.63) is 93.4 Å². The Labute approximate surface area is 166 Å².